The summed E-state index contributed by atoms with van der Waals surface area (Å²) in [4.78, 5) is 0. The highest BCUT2D eigenvalue weighted by Crippen LogP contribution is 2.53. The number of rotatable bonds is 1. The van der Waals surface area contributed by atoms with Crippen molar-refractivity contribution in [2.75, 3.05) is 11.5 Å². The molecule has 2 aromatic carbocycles. The minimum absolute atomic E-state index is 0.0242. The lowest BCUT2D eigenvalue weighted by atomic mass is 9.75. The van der Waals surface area contributed by atoms with E-state index < -0.39 is 0 Å². The van der Waals surface area contributed by atoms with Crippen molar-refractivity contribution in [2.24, 2.45) is 0 Å². The zero-order valence-corrected chi connectivity index (χ0v) is 12.4. The molecule has 1 atom stereocenters. The Morgan fingerprint density at radius 1 is 0.850 bits per heavy atom. The molecule has 1 aliphatic carbocycles. The van der Waals surface area contributed by atoms with Crippen LogP contribution < -0.4 is 11.5 Å². The van der Waals surface area contributed by atoms with Crippen LogP contribution in [-0.2, 0) is 10.8 Å². The molecule has 0 radical (unpaired) electrons. The van der Waals surface area contributed by atoms with Gasteiger partial charge in [-0.25, -0.2) is 0 Å². The average molecular weight is 266 g/mol. The van der Waals surface area contributed by atoms with E-state index in [4.69, 9.17) is 11.5 Å². The van der Waals surface area contributed by atoms with Crippen LogP contribution in [0.2, 0.25) is 0 Å². The standard InChI is InChI=1S/C18H22N2/c1-17(2)11-18(3,12-5-4-6-13(19)9-12)16-10-14(20)7-8-15(16)17/h4-10H,11,19-20H2,1-3H3. The van der Waals surface area contributed by atoms with Gasteiger partial charge in [0.1, 0.15) is 0 Å². The van der Waals surface area contributed by atoms with E-state index in [0.717, 1.165) is 17.8 Å². The topological polar surface area (TPSA) is 52.0 Å². The fourth-order valence-corrected chi connectivity index (χ4v) is 3.82. The van der Waals surface area contributed by atoms with Crippen LogP contribution in [0.3, 0.4) is 0 Å². The normalized spacial score (nSPS) is 23.6. The van der Waals surface area contributed by atoms with E-state index in [1.807, 2.05) is 18.2 Å². The van der Waals surface area contributed by atoms with Gasteiger partial charge in [0.05, 0.1) is 0 Å². The van der Waals surface area contributed by atoms with Crippen LogP contribution in [0.5, 0.6) is 0 Å². The number of benzene rings is 2. The summed E-state index contributed by atoms with van der Waals surface area (Å²) in [5, 5.41) is 0. The smallest absolute Gasteiger partial charge is 0.0317 e. The van der Waals surface area contributed by atoms with E-state index in [0.29, 0.717) is 0 Å². The first-order valence-corrected chi connectivity index (χ1v) is 7.09. The summed E-state index contributed by atoms with van der Waals surface area (Å²) in [5.74, 6) is 0. The zero-order chi connectivity index (χ0) is 14.5. The van der Waals surface area contributed by atoms with Gasteiger partial charge >= 0.3 is 0 Å². The van der Waals surface area contributed by atoms with Crippen molar-refractivity contribution in [3.63, 3.8) is 0 Å². The van der Waals surface area contributed by atoms with Crippen LogP contribution in [-0.4, -0.2) is 0 Å². The number of nitrogens with two attached hydrogens (primary N) is 2. The lowest BCUT2D eigenvalue weighted by molar-refractivity contribution is 0.425. The van der Waals surface area contributed by atoms with E-state index in [9.17, 15) is 0 Å². The first-order chi connectivity index (χ1) is 9.33. The summed E-state index contributed by atoms with van der Waals surface area (Å²) in [7, 11) is 0. The summed E-state index contributed by atoms with van der Waals surface area (Å²) >= 11 is 0. The molecule has 2 nitrogen and oxygen atoms in total. The van der Waals surface area contributed by atoms with Gasteiger partial charge < -0.3 is 11.5 Å². The first kappa shape index (κ1) is 13.0. The summed E-state index contributed by atoms with van der Waals surface area (Å²) in [6, 6.07) is 14.6. The molecule has 0 saturated heterocycles. The molecule has 0 fully saturated rings. The van der Waals surface area contributed by atoms with Crippen LogP contribution >= 0.6 is 0 Å². The van der Waals surface area contributed by atoms with Crippen LogP contribution in [0.4, 0.5) is 11.4 Å². The number of anilines is 2. The highest BCUT2D eigenvalue weighted by molar-refractivity contribution is 5.58. The molecule has 1 aliphatic rings. The predicted molar refractivity (Wildman–Crippen MR) is 85.8 cm³/mol. The summed E-state index contributed by atoms with van der Waals surface area (Å²) in [5.41, 5.74) is 17.8. The van der Waals surface area contributed by atoms with Gasteiger partial charge in [0.15, 0.2) is 0 Å². The molecule has 104 valence electrons. The van der Waals surface area contributed by atoms with Crippen molar-refractivity contribution in [1.82, 2.24) is 0 Å². The zero-order valence-electron chi connectivity index (χ0n) is 12.4. The Morgan fingerprint density at radius 2 is 1.55 bits per heavy atom. The third-order valence-electron chi connectivity index (χ3n) is 4.69. The quantitative estimate of drug-likeness (QED) is 0.770. The van der Waals surface area contributed by atoms with Gasteiger partial charge in [-0.05, 0) is 52.8 Å². The molecule has 2 heteroatoms. The molecule has 2 aromatic rings. The van der Waals surface area contributed by atoms with Gasteiger partial charge in [-0.3, -0.25) is 0 Å². The van der Waals surface area contributed by atoms with Gasteiger partial charge in [0.2, 0.25) is 0 Å². The summed E-state index contributed by atoms with van der Waals surface area (Å²) in [6.07, 6.45) is 1.07. The van der Waals surface area contributed by atoms with Crippen molar-refractivity contribution in [2.45, 2.75) is 38.0 Å². The average Bonchev–Trinajstić information content (AvgIpc) is 2.57. The minimum atomic E-state index is -0.0242. The Hall–Kier alpha value is -1.96. The fraction of sp³-hybridized carbons (Fsp3) is 0.333. The number of nitrogen functional groups attached to an aromatic ring is 2. The monoisotopic (exact) mass is 266 g/mol. The van der Waals surface area contributed by atoms with E-state index >= 15 is 0 Å². The third kappa shape index (κ3) is 1.79. The Balaban J connectivity index is 2.24. The van der Waals surface area contributed by atoms with Gasteiger partial charge in [-0.2, -0.15) is 0 Å². The Labute approximate surface area is 120 Å². The number of hydrogen-bond acceptors (Lipinski definition) is 2. The summed E-state index contributed by atoms with van der Waals surface area (Å²) < 4.78 is 0. The van der Waals surface area contributed by atoms with Crippen LogP contribution in [0.1, 0.15) is 43.9 Å². The first-order valence-electron chi connectivity index (χ1n) is 7.09. The van der Waals surface area contributed by atoms with E-state index in [1.54, 1.807) is 0 Å². The molecule has 1 unspecified atom stereocenters. The Bertz CT molecular complexity index is 673. The summed E-state index contributed by atoms with van der Waals surface area (Å²) in [6.45, 7) is 6.91. The molecule has 0 aliphatic heterocycles. The van der Waals surface area contributed by atoms with Crippen molar-refractivity contribution >= 4 is 11.4 Å². The lowest BCUT2D eigenvalue weighted by Gasteiger charge is -2.28. The van der Waals surface area contributed by atoms with Crippen LogP contribution in [0, 0.1) is 0 Å². The van der Waals surface area contributed by atoms with Gasteiger partial charge in [-0.1, -0.05) is 39.0 Å². The molecule has 20 heavy (non-hydrogen) atoms. The van der Waals surface area contributed by atoms with Gasteiger partial charge in [0.25, 0.3) is 0 Å². The molecular formula is C18H22N2. The molecular weight excluding hydrogens is 244 g/mol. The molecule has 4 N–H and O–H groups in total. The largest absolute Gasteiger partial charge is 0.399 e. The number of fused-ring (bicyclic) bond motifs is 1. The maximum Gasteiger partial charge on any atom is 0.0317 e. The molecule has 0 amide bonds. The predicted octanol–water partition coefficient (Wildman–Crippen LogP) is 3.84. The minimum Gasteiger partial charge on any atom is -0.399 e. The second-order valence-electron chi connectivity index (χ2n) is 6.82. The highest BCUT2D eigenvalue weighted by Gasteiger charge is 2.45. The van der Waals surface area contributed by atoms with E-state index in [2.05, 4.69) is 45.0 Å². The highest BCUT2D eigenvalue weighted by atomic mass is 14.6. The molecule has 0 bridgehead atoms. The maximum absolute atomic E-state index is 6.02. The maximum atomic E-state index is 6.02. The lowest BCUT2D eigenvalue weighted by Crippen LogP contribution is -2.23. The van der Waals surface area contributed by atoms with Gasteiger partial charge in [0, 0.05) is 16.8 Å². The van der Waals surface area contributed by atoms with Crippen molar-refractivity contribution < 1.29 is 0 Å². The second-order valence-corrected chi connectivity index (χ2v) is 6.82. The third-order valence-corrected chi connectivity index (χ3v) is 4.69. The molecule has 3 rings (SSSR count). The van der Waals surface area contributed by atoms with Crippen molar-refractivity contribution in [1.29, 1.82) is 0 Å². The molecule has 0 saturated carbocycles. The molecule has 0 aromatic heterocycles. The van der Waals surface area contributed by atoms with Crippen molar-refractivity contribution in [3.8, 4) is 0 Å². The molecule has 0 spiro atoms. The van der Waals surface area contributed by atoms with E-state index in [-0.39, 0.29) is 10.8 Å². The van der Waals surface area contributed by atoms with Crippen LogP contribution in [0.25, 0.3) is 0 Å². The molecule has 0 heterocycles. The van der Waals surface area contributed by atoms with Crippen molar-refractivity contribution in [3.05, 3.63) is 59.2 Å². The fourth-order valence-electron chi connectivity index (χ4n) is 3.82. The second kappa shape index (κ2) is 4.02. The SMILES string of the molecule is CC1(C)CC(C)(c2cccc(N)c2)c2cc(N)ccc21. The van der Waals surface area contributed by atoms with Gasteiger partial charge in [-0.15, -0.1) is 0 Å². The van der Waals surface area contributed by atoms with E-state index in [1.165, 1.54) is 16.7 Å². The van der Waals surface area contributed by atoms with Crippen LogP contribution in [0.15, 0.2) is 42.5 Å². The number of hydrogen-bond donors (Lipinski definition) is 2. The Kier molecular flexibility index (Phi) is 2.62. The Morgan fingerprint density at radius 3 is 2.25 bits per heavy atom.